The molecule has 0 bridgehead atoms. The van der Waals surface area contributed by atoms with Crippen molar-refractivity contribution in [3.05, 3.63) is 0 Å². The molecular weight excluding hydrogens is 244 g/mol. The molecule has 1 aliphatic rings. The zero-order chi connectivity index (χ0) is 14.6. The second kappa shape index (κ2) is 11.6. The van der Waals surface area contributed by atoms with Crippen LogP contribution in [-0.2, 0) is 4.74 Å². The van der Waals surface area contributed by atoms with Crippen LogP contribution in [0, 0.1) is 5.92 Å². The van der Waals surface area contributed by atoms with Crippen molar-refractivity contribution < 1.29 is 4.74 Å². The summed E-state index contributed by atoms with van der Waals surface area (Å²) in [5.41, 5.74) is 0. The van der Waals surface area contributed by atoms with Gasteiger partial charge in [0, 0.05) is 0 Å². The SMILES string of the molecule is CCCCCCCC[C@@H]1O[C@H]1CCCCCCC(C)C. The molecule has 0 N–H and O–H groups in total. The van der Waals surface area contributed by atoms with E-state index in [-0.39, 0.29) is 0 Å². The number of hydrogen-bond acceptors (Lipinski definition) is 1. The molecule has 0 amide bonds. The molecule has 1 saturated heterocycles. The summed E-state index contributed by atoms with van der Waals surface area (Å²) >= 11 is 0. The first-order chi connectivity index (χ1) is 9.74. The second-order valence-electron chi connectivity index (χ2n) is 7.15. The number of epoxide rings is 1. The lowest BCUT2D eigenvalue weighted by atomic mass is 10.0. The fourth-order valence-corrected chi connectivity index (χ4v) is 3.06. The molecule has 0 aromatic heterocycles. The summed E-state index contributed by atoms with van der Waals surface area (Å²) in [4.78, 5) is 0. The Bertz CT molecular complexity index is 212. The van der Waals surface area contributed by atoms with Crippen molar-refractivity contribution in [3.8, 4) is 0 Å². The molecular formula is C19H38O. The van der Waals surface area contributed by atoms with Crippen LogP contribution in [0.2, 0.25) is 0 Å². The summed E-state index contributed by atoms with van der Waals surface area (Å²) in [6.07, 6.45) is 19.4. The van der Waals surface area contributed by atoms with Crippen LogP contribution < -0.4 is 0 Å². The van der Waals surface area contributed by atoms with Gasteiger partial charge in [-0.25, -0.2) is 0 Å². The van der Waals surface area contributed by atoms with Gasteiger partial charge in [-0.2, -0.15) is 0 Å². The molecule has 0 aliphatic carbocycles. The summed E-state index contributed by atoms with van der Waals surface area (Å²) in [6.45, 7) is 6.93. The maximum Gasteiger partial charge on any atom is 0.0841 e. The van der Waals surface area contributed by atoms with E-state index in [0.29, 0.717) is 12.2 Å². The fraction of sp³-hybridized carbons (Fsp3) is 1.00. The zero-order valence-corrected chi connectivity index (χ0v) is 14.3. The molecule has 0 radical (unpaired) electrons. The average molecular weight is 283 g/mol. The Morgan fingerprint density at radius 3 is 1.75 bits per heavy atom. The maximum absolute atomic E-state index is 5.79. The van der Waals surface area contributed by atoms with E-state index in [1.807, 2.05) is 0 Å². The monoisotopic (exact) mass is 282 g/mol. The molecule has 1 fully saturated rings. The van der Waals surface area contributed by atoms with Gasteiger partial charge in [0.2, 0.25) is 0 Å². The summed E-state index contributed by atoms with van der Waals surface area (Å²) in [5, 5.41) is 0. The predicted octanol–water partition coefficient (Wildman–Crippen LogP) is 6.50. The Morgan fingerprint density at radius 2 is 1.20 bits per heavy atom. The van der Waals surface area contributed by atoms with Crippen molar-refractivity contribution >= 4 is 0 Å². The molecule has 1 aliphatic heterocycles. The van der Waals surface area contributed by atoms with E-state index in [1.54, 1.807) is 0 Å². The lowest BCUT2D eigenvalue weighted by Crippen LogP contribution is -1.95. The van der Waals surface area contributed by atoms with E-state index in [4.69, 9.17) is 4.74 Å². The van der Waals surface area contributed by atoms with E-state index < -0.39 is 0 Å². The van der Waals surface area contributed by atoms with Crippen LogP contribution in [0.5, 0.6) is 0 Å². The minimum Gasteiger partial charge on any atom is -0.370 e. The Hall–Kier alpha value is -0.0400. The van der Waals surface area contributed by atoms with E-state index in [1.165, 1.54) is 83.5 Å². The minimum absolute atomic E-state index is 0.635. The highest BCUT2D eigenvalue weighted by molar-refractivity contribution is 4.84. The fourth-order valence-electron chi connectivity index (χ4n) is 3.06. The quantitative estimate of drug-likeness (QED) is 0.261. The van der Waals surface area contributed by atoms with Gasteiger partial charge in [0.1, 0.15) is 0 Å². The smallest absolute Gasteiger partial charge is 0.0841 e. The highest BCUT2D eigenvalue weighted by Crippen LogP contribution is 2.31. The van der Waals surface area contributed by atoms with Gasteiger partial charge in [-0.1, -0.05) is 91.4 Å². The van der Waals surface area contributed by atoms with Crippen LogP contribution in [0.25, 0.3) is 0 Å². The molecule has 1 nitrogen and oxygen atoms in total. The molecule has 0 aromatic rings. The Balaban J connectivity index is 1.77. The molecule has 0 aromatic carbocycles. The average Bonchev–Trinajstić information content (AvgIpc) is 3.16. The van der Waals surface area contributed by atoms with Gasteiger partial charge < -0.3 is 4.74 Å². The Labute approximate surface area is 127 Å². The molecule has 1 heteroatoms. The van der Waals surface area contributed by atoms with Gasteiger partial charge in [0.15, 0.2) is 0 Å². The predicted molar refractivity (Wildman–Crippen MR) is 89.2 cm³/mol. The molecule has 0 unspecified atom stereocenters. The summed E-state index contributed by atoms with van der Waals surface area (Å²) < 4.78 is 5.79. The third-order valence-electron chi connectivity index (χ3n) is 4.55. The summed E-state index contributed by atoms with van der Waals surface area (Å²) in [6, 6.07) is 0. The first-order valence-electron chi connectivity index (χ1n) is 9.39. The van der Waals surface area contributed by atoms with Crippen molar-refractivity contribution in [1.82, 2.24) is 0 Å². The van der Waals surface area contributed by atoms with Crippen LogP contribution in [0.15, 0.2) is 0 Å². The maximum atomic E-state index is 5.79. The number of unbranched alkanes of at least 4 members (excludes halogenated alkanes) is 8. The van der Waals surface area contributed by atoms with Crippen molar-refractivity contribution in [2.45, 2.75) is 116 Å². The van der Waals surface area contributed by atoms with Crippen molar-refractivity contribution in [1.29, 1.82) is 0 Å². The van der Waals surface area contributed by atoms with E-state index in [9.17, 15) is 0 Å². The Morgan fingerprint density at radius 1 is 0.700 bits per heavy atom. The lowest BCUT2D eigenvalue weighted by Gasteiger charge is -2.03. The third-order valence-corrected chi connectivity index (χ3v) is 4.55. The van der Waals surface area contributed by atoms with E-state index >= 15 is 0 Å². The van der Waals surface area contributed by atoms with E-state index in [2.05, 4.69) is 20.8 Å². The van der Waals surface area contributed by atoms with Gasteiger partial charge in [-0.05, 0) is 18.8 Å². The van der Waals surface area contributed by atoms with Crippen LogP contribution in [0.3, 0.4) is 0 Å². The normalized spacial score (nSPS) is 21.6. The topological polar surface area (TPSA) is 12.5 Å². The van der Waals surface area contributed by atoms with Crippen molar-refractivity contribution in [3.63, 3.8) is 0 Å². The van der Waals surface area contributed by atoms with Gasteiger partial charge in [0.25, 0.3) is 0 Å². The molecule has 0 spiro atoms. The standard InChI is InChI=1S/C19H38O/c1-4-5-6-7-8-12-15-18-19(20-18)16-13-10-9-11-14-17(2)3/h17-19H,4-16H2,1-3H3/t18-,19-/m0/s1. The third kappa shape index (κ3) is 9.80. The molecule has 20 heavy (non-hydrogen) atoms. The molecule has 1 rings (SSSR count). The highest BCUT2D eigenvalue weighted by Gasteiger charge is 2.36. The first-order valence-corrected chi connectivity index (χ1v) is 9.39. The van der Waals surface area contributed by atoms with Crippen LogP contribution in [-0.4, -0.2) is 12.2 Å². The highest BCUT2D eigenvalue weighted by atomic mass is 16.6. The number of hydrogen-bond donors (Lipinski definition) is 0. The number of ether oxygens (including phenoxy) is 1. The van der Waals surface area contributed by atoms with Gasteiger partial charge >= 0.3 is 0 Å². The molecule has 120 valence electrons. The zero-order valence-electron chi connectivity index (χ0n) is 14.3. The van der Waals surface area contributed by atoms with Crippen molar-refractivity contribution in [2.75, 3.05) is 0 Å². The summed E-state index contributed by atoms with van der Waals surface area (Å²) in [5.74, 6) is 0.878. The number of rotatable bonds is 14. The largest absolute Gasteiger partial charge is 0.370 e. The second-order valence-corrected chi connectivity index (χ2v) is 7.15. The van der Waals surface area contributed by atoms with Crippen LogP contribution in [0.4, 0.5) is 0 Å². The first kappa shape index (κ1) is 18.0. The summed E-state index contributed by atoms with van der Waals surface area (Å²) in [7, 11) is 0. The van der Waals surface area contributed by atoms with Crippen LogP contribution >= 0.6 is 0 Å². The molecule has 0 saturated carbocycles. The van der Waals surface area contributed by atoms with Gasteiger partial charge in [0.05, 0.1) is 12.2 Å². The Kier molecular flexibility index (Phi) is 10.4. The lowest BCUT2D eigenvalue weighted by molar-refractivity contribution is 0.347. The van der Waals surface area contributed by atoms with E-state index in [0.717, 1.165) is 5.92 Å². The minimum atomic E-state index is 0.635. The van der Waals surface area contributed by atoms with Crippen LogP contribution in [0.1, 0.15) is 104 Å². The van der Waals surface area contributed by atoms with Crippen molar-refractivity contribution in [2.24, 2.45) is 5.92 Å². The molecule has 2 atom stereocenters. The van der Waals surface area contributed by atoms with Gasteiger partial charge in [-0.3, -0.25) is 0 Å². The molecule has 1 heterocycles. The van der Waals surface area contributed by atoms with Gasteiger partial charge in [-0.15, -0.1) is 0 Å².